The third-order valence-corrected chi connectivity index (χ3v) is 4.43. The molecule has 0 radical (unpaired) electrons. The molecule has 0 bridgehead atoms. The molecule has 0 spiro atoms. The number of nitrogens with one attached hydrogen (secondary N) is 1. The van der Waals surface area contributed by atoms with Crippen molar-refractivity contribution >= 4 is 29.2 Å². The molecule has 1 aliphatic carbocycles. The summed E-state index contributed by atoms with van der Waals surface area (Å²) in [6, 6.07) is 13.4. The van der Waals surface area contributed by atoms with Gasteiger partial charge in [-0.1, -0.05) is 29.8 Å². The second-order valence-electron chi connectivity index (χ2n) is 6.38. The first-order chi connectivity index (χ1) is 12.5. The van der Waals surface area contributed by atoms with Crippen molar-refractivity contribution in [1.82, 2.24) is 10.2 Å². The Kier molecular flexibility index (Phi) is 5.38. The number of amides is 2. The first-order valence-electron chi connectivity index (χ1n) is 8.40. The van der Waals surface area contributed by atoms with E-state index in [1.165, 1.54) is 4.90 Å². The molecule has 0 atom stereocenters. The van der Waals surface area contributed by atoms with Gasteiger partial charge in [-0.25, -0.2) is 0 Å². The Hall–Kier alpha value is -2.66. The summed E-state index contributed by atoms with van der Waals surface area (Å²) in [5, 5.41) is 3.38. The summed E-state index contributed by atoms with van der Waals surface area (Å²) in [5.74, 6) is -0.819. The van der Waals surface area contributed by atoms with Crippen molar-refractivity contribution < 1.29 is 14.4 Å². The topological polar surface area (TPSA) is 66.5 Å². The van der Waals surface area contributed by atoms with Crippen LogP contribution in [0.15, 0.2) is 48.5 Å². The molecule has 1 aliphatic rings. The Morgan fingerprint density at radius 1 is 1.04 bits per heavy atom. The summed E-state index contributed by atoms with van der Waals surface area (Å²) in [7, 11) is 1.55. The van der Waals surface area contributed by atoms with Crippen LogP contribution >= 0.6 is 11.6 Å². The van der Waals surface area contributed by atoms with Crippen LogP contribution < -0.4 is 5.32 Å². The minimum absolute atomic E-state index is 0.0429. The van der Waals surface area contributed by atoms with Gasteiger partial charge in [-0.3, -0.25) is 14.4 Å². The second kappa shape index (κ2) is 7.70. The number of rotatable bonds is 6. The molecule has 0 heterocycles. The average molecular weight is 371 g/mol. The number of hydrogen-bond donors (Lipinski definition) is 1. The Morgan fingerprint density at radius 3 is 2.27 bits per heavy atom. The molecule has 0 saturated heterocycles. The van der Waals surface area contributed by atoms with E-state index in [2.05, 4.69) is 5.32 Å². The van der Waals surface area contributed by atoms with Crippen molar-refractivity contribution in [1.29, 1.82) is 0 Å². The van der Waals surface area contributed by atoms with Crippen LogP contribution in [0.3, 0.4) is 0 Å². The lowest BCUT2D eigenvalue weighted by molar-refractivity contribution is -0.121. The van der Waals surface area contributed by atoms with Gasteiger partial charge < -0.3 is 10.2 Å². The molecule has 1 saturated carbocycles. The third kappa shape index (κ3) is 4.29. The lowest BCUT2D eigenvalue weighted by Crippen LogP contribution is -2.39. The average Bonchev–Trinajstić information content (AvgIpc) is 3.45. The van der Waals surface area contributed by atoms with Gasteiger partial charge in [0.2, 0.25) is 5.91 Å². The molecule has 5 nitrogen and oxygen atoms in total. The van der Waals surface area contributed by atoms with Crippen molar-refractivity contribution in [3.8, 4) is 0 Å². The minimum atomic E-state index is -0.367. The molecule has 0 aromatic heterocycles. The molecule has 6 heteroatoms. The molecular formula is C20H19ClN2O3. The normalized spacial score (nSPS) is 13.2. The van der Waals surface area contributed by atoms with Crippen molar-refractivity contribution in [2.75, 3.05) is 13.6 Å². The van der Waals surface area contributed by atoms with Crippen molar-refractivity contribution in [3.05, 3.63) is 70.2 Å². The maximum atomic E-state index is 12.8. The highest BCUT2D eigenvalue weighted by Crippen LogP contribution is 2.19. The van der Waals surface area contributed by atoms with Crippen LogP contribution in [0.2, 0.25) is 5.02 Å². The summed E-state index contributed by atoms with van der Waals surface area (Å²) in [6.07, 6.45) is 1.98. The zero-order valence-electron chi connectivity index (χ0n) is 14.4. The Labute approximate surface area is 156 Å². The fourth-order valence-electron chi connectivity index (χ4n) is 2.62. The summed E-state index contributed by atoms with van der Waals surface area (Å²) in [6.45, 7) is -0.0429. The van der Waals surface area contributed by atoms with Gasteiger partial charge in [-0.2, -0.15) is 0 Å². The minimum Gasteiger partial charge on any atom is -0.352 e. The number of nitrogens with zero attached hydrogens (tertiary/aromatic N) is 1. The van der Waals surface area contributed by atoms with Gasteiger partial charge >= 0.3 is 0 Å². The van der Waals surface area contributed by atoms with Crippen LogP contribution in [0.25, 0.3) is 0 Å². The van der Waals surface area contributed by atoms with E-state index in [1.54, 1.807) is 55.6 Å². The summed E-state index contributed by atoms with van der Waals surface area (Å²) in [4.78, 5) is 38.8. The zero-order chi connectivity index (χ0) is 18.7. The van der Waals surface area contributed by atoms with E-state index < -0.39 is 0 Å². The predicted octanol–water partition coefficient (Wildman–Crippen LogP) is 2.92. The SMILES string of the molecule is CN(CC(=O)NC1CC1)C(=O)c1ccccc1C(=O)c1ccc(Cl)cc1. The second-order valence-corrected chi connectivity index (χ2v) is 6.82. The molecule has 0 aliphatic heterocycles. The number of carbonyl (C=O) groups excluding carboxylic acids is 3. The number of likely N-dealkylation sites (N-methyl/N-ethyl adjacent to an activating group) is 1. The lowest BCUT2D eigenvalue weighted by Gasteiger charge is -2.18. The number of benzene rings is 2. The molecule has 26 heavy (non-hydrogen) atoms. The van der Waals surface area contributed by atoms with Crippen LogP contribution in [0.1, 0.15) is 39.1 Å². The van der Waals surface area contributed by atoms with Crippen LogP contribution in [-0.4, -0.2) is 42.1 Å². The van der Waals surface area contributed by atoms with E-state index in [1.807, 2.05) is 0 Å². The zero-order valence-corrected chi connectivity index (χ0v) is 15.1. The molecule has 2 aromatic rings. The van der Waals surface area contributed by atoms with Crippen LogP contribution in [0, 0.1) is 0 Å². The van der Waals surface area contributed by atoms with Gasteiger partial charge in [0.1, 0.15) is 0 Å². The van der Waals surface area contributed by atoms with E-state index in [4.69, 9.17) is 11.6 Å². The Balaban J connectivity index is 1.79. The number of halogens is 1. The predicted molar refractivity (Wildman–Crippen MR) is 99.5 cm³/mol. The number of carbonyl (C=O) groups is 3. The largest absolute Gasteiger partial charge is 0.352 e. The maximum Gasteiger partial charge on any atom is 0.254 e. The monoisotopic (exact) mass is 370 g/mol. The van der Waals surface area contributed by atoms with Crippen LogP contribution in [-0.2, 0) is 4.79 Å². The molecule has 0 unspecified atom stereocenters. The molecule has 2 aromatic carbocycles. The lowest BCUT2D eigenvalue weighted by atomic mass is 9.97. The molecule has 3 rings (SSSR count). The summed E-state index contributed by atoms with van der Waals surface area (Å²) < 4.78 is 0. The Bertz CT molecular complexity index is 844. The van der Waals surface area contributed by atoms with Crippen molar-refractivity contribution in [2.45, 2.75) is 18.9 Å². The van der Waals surface area contributed by atoms with E-state index in [-0.39, 0.29) is 35.7 Å². The van der Waals surface area contributed by atoms with E-state index in [0.717, 1.165) is 12.8 Å². The van der Waals surface area contributed by atoms with Gasteiger partial charge in [0.15, 0.2) is 5.78 Å². The molecule has 134 valence electrons. The Morgan fingerprint density at radius 2 is 1.65 bits per heavy atom. The highest BCUT2D eigenvalue weighted by molar-refractivity contribution is 6.30. The van der Waals surface area contributed by atoms with Crippen molar-refractivity contribution in [3.63, 3.8) is 0 Å². The van der Waals surface area contributed by atoms with E-state index in [9.17, 15) is 14.4 Å². The third-order valence-electron chi connectivity index (χ3n) is 4.18. The van der Waals surface area contributed by atoms with E-state index >= 15 is 0 Å². The highest BCUT2D eigenvalue weighted by Gasteiger charge is 2.26. The van der Waals surface area contributed by atoms with E-state index in [0.29, 0.717) is 16.1 Å². The van der Waals surface area contributed by atoms with Gasteiger partial charge in [0, 0.05) is 29.2 Å². The summed E-state index contributed by atoms with van der Waals surface area (Å²) in [5.41, 5.74) is 1.02. The standard InChI is InChI=1S/C20H19ClN2O3/c1-23(12-18(24)22-15-10-11-15)20(26)17-5-3-2-4-16(17)19(25)13-6-8-14(21)9-7-13/h2-9,15H,10-12H2,1H3,(H,22,24). The van der Waals surface area contributed by atoms with Crippen LogP contribution in [0.4, 0.5) is 0 Å². The maximum absolute atomic E-state index is 12.8. The highest BCUT2D eigenvalue weighted by atomic mass is 35.5. The fourth-order valence-corrected chi connectivity index (χ4v) is 2.74. The van der Waals surface area contributed by atoms with Crippen molar-refractivity contribution in [2.24, 2.45) is 0 Å². The van der Waals surface area contributed by atoms with Gasteiger partial charge in [-0.05, 0) is 43.2 Å². The van der Waals surface area contributed by atoms with Gasteiger partial charge in [0.05, 0.1) is 12.1 Å². The van der Waals surface area contributed by atoms with Gasteiger partial charge in [0.25, 0.3) is 5.91 Å². The molecular weight excluding hydrogens is 352 g/mol. The summed E-state index contributed by atoms with van der Waals surface area (Å²) >= 11 is 5.86. The van der Waals surface area contributed by atoms with Gasteiger partial charge in [-0.15, -0.1) is 0 Å². The fraction of sp³-hybridized carbons (Fsp3) is 0.250. The number of ketones is 1. The first-order valence-corrected chi connectivity index (χ1v) is 8.77. The quantitative estimate of drug-likeness (QED) is 0.795. The van der Waals surface area contributed by atoms with Crippen LogP contribution in [0.5, 0.6) is 0 Å². The molecule has 1 fully saturated rings. The molecule has 2 amide bonds. The molecule has 1 N–H and O–H groups in total. The number of hydrogen-bond acceptors (Lipinski definition) is 3. The smallest absolute Gasteiger partial charge is 0.254 e. The first kappa shape index (κ1) is 18.1.